The number of carbonyl (C=O) groups is 1. The highest BCUT2D eigenvalue weighted by Gasteiger charge is 2.06. The number of benzene rings is 2. The lowest BCUT2D eigenvalue weighted by Crippen LogP contribution is -2.20. The van der Waals surface area contributed by atoms with Gasteiger partial charge in [0.05, 0.1) is 18.5 Å². The third kappa shape index (κ3) is 4.14. The van der Waals surface area contributed by atoms with Gasteiger partial charge in [-0.05, 0) is 36.8 Å². The highest BCUT2D eigenvalue weighted by Crippen LogP contribution is 2.20. The molecule has 2 aromatic rings. The molecular weight excluding hydrogens is 268 g/mol. The summed E-state index contributed by atoms with van der Waals surface area (Å²) in [4.78, 5) is 11.9. The molecule has 5 nitrogen and oxygen atoms in total. The van der Waals surface area contributed by atoms with Crippen LogP contribution in [0.15, 0.2) is 42.5 Å². The van der Waals surface area contributed by atoms with Crippen LogP contribution in [-0.4, -0.2) is 19.6 Å². The number of nitrogen functional groups attached to an aromatic ring is 1. The van der Waals surface area contributed by atoms with E-state index in [0.717, 1.165) is 5.56 Å². The molecule has 0 saturated heterocycles. The van der Waals surface area contributed by atoms with Gasteiger partial charge >= 0.3 is 0 Å². The molecule has 2 rings (SSSR count). The maximum atomic E-state index is 11.9. The van der Waals surface area contributed by atoms with E-state index < -0.39 is 0 Å². The van der Waals surface area contributed by atoms with Crippen LogP contribution in [0.3, 0.4) is 0 Å². The molecular formula is C16H18N2O3. The number of ether oxygens (including phenoxy) is 2. The van der Waals surface area contributed by atoms with E-state index in [1.54, 1.807) is 43.5 Å². The Morgan fingerprint density at radius 1 is 1.19 bits per heavy atom. The molecule has 0 fully saturated rings. The van der Waals surface area contributed by atoms with Gasteiger partial charge in [0.2, 0.25) is 0 Å². The fourth-order valence-electron chi connectivity index (χ4n) is 1.82. The molecule has 3 N–H and O–H groups in total. The smallest absolute Gasteiger partial charge is 0.262 e. The van der Waals surface area contributed by atoms with Crippen molar-refractivity contribution in [3.63, 3.8) is 0 Å². The van der Waals surface area contributed by atoms with Gasteiger partial charge in [-0.3, -0.25) is 4.79 Å². The van der Waals surface area contributed by atoms with E-state index >= 15 is 0 Å². The average molecular weight is 286 g/mol. The minimum atomic E-state index is -0.270. The van der Waals surface area contributed by atoms with Gasteiger partial charge in [-0.15, -0.1) is 0 Å². The second kappa shape index (κ2) is 6.65. The van der Waals surface area contributed by atoms with Crippen LogP contribution in [0.5, 0.6) is 11.5 Å². The molecule has 0 aliphatic carbocycles. The molecule has 0 bridgehead atoms. The molecule has 1 amide bonds. The zero-order valence-electron chi connectivity index (χ0n) is 12.1. The SMILES string of the molecule is COc1cccc(OCC(=O)Nc2ccc(C)cc2N)c1. The van der Waals surface area contributed by atoms with Crippen molar-refractivity contribution in [2.24, 2.45) is 0 Å². The monoisotopic (exact) mass is 286 g/mol. The number of amides is 1. The molecule has 0 radical (unpaired) electrons. The standard InChI is InChI=1S/C16H18N2O3/c1-11-6-7-15(14(17)8-11)18-16(19)10-21-13-5-3-4-12(9-13)20-2/h3-9H,10,17H2,1-2H3,(H,18,19). The number of nitrogens with one attached hydrogen (secondary N) is 1. The van der Waals surface area contributed by atoms with Gasteiger partial charge in [0.15, 0.2) is 6.61 Å². The fourth-order valence-corrected chi connectivity index (χ4v) is 1.82. The zero-order valence-corrected chi connectivity index (χ0v) is 12.1. The summed E-state index contributed by atoms with van der Waals surface area (Å²) in [7, 11) is 1.58. The minimum Gasteiger partial charge on any atom is -0.497 e. The first-order chi connectivity index (χ1) is 10.1. The molecule has 21 heavy (non-hydrogen) atoms. The number of nitrogens with two attached hydrogens (primary N) is 1. The van der Waals surface area contributed by atoms with E-state index in [-0.39, 0.29) is 12.5 Å². The number of methoxy groups -OCH3 is 1. The van der Waals surface area contributed by atoms with E-state index in [1.165, 1.54) is 0 Å². The van der Waals surface area contributed by atoms with Crippen molar-refractivity contribution in [2.75, 3.05) is 24.8 Å². The lowest BCUT2D eigenvalue weighted by molar-refractivity contribution is -0.118. The summed E-state index contributed by atoms with van der Waals surface area (Å²) >= 11 is 0. The van der Waals surface area contributed by atoms with Crippen molar-refractivity contribution in [1.82, 2.24) is 0 Å². The van der Waals surface area contributed by atoms with Gasteiger partial charge in [-0.1, -0.05) is 12.1 Å². The molecule has 2 aromatic carbocycles. The second-order valence-corrected chi connectivity index (χ2v) is 4.61. The normalized spacial score (nSPS) is 10.0. The van der Waals surface area contributed by atoms with Crippen molar-refractivity contribution >= 4 is 17.3 Å². The van der Waals surface area contributed by atoms with Gasteiger partial charge in [-0.2, -0.15) is 0 Å². The van der Waals surface area contributed by atoms with Crippen LogP contribution in [0.1, 0.15) is 5.56 Å². The number of carbonyl (C=O) groups excluding carboxylic acids is 1. The number of rotatable bonds is 5. The summed E-state index contributed by atoms with van der Waals surface area (Å²) in [5.74, 6) is 0.977. The number of hydrogen-bond acceptors (Lipinski definition) is 4. The first kappa shape index (κ1) is 14.7. The molecule has 110 valence electrons. The molecule has 0 heterocycles. The van der Waals surface area contributed by atoms with Gasteiger partial charge < -0.3 is 20.5 Å². The maximum Gasteiger partial charge on any atom is 0.262 e. The van der Waals surface area contributed by atoms with Gasteiger partial charge in [-0.25, -0.2) is 0 Å². The Morgan fingerprint density at radius 3 is 2.67 bits per heavy atom. The molecule has 0 aliphatic heterocycles. The molecule has 0 aliphatic rings. The summed E-state index contributed by atoms with van der Waals surface area (Å²) in [6.45, 7) is 1.84. The fraction of sp³-hybridized carbons (Fsp3) is 0.188. The van der Waals surface area contributed by atoms with Gasteiger partial charge in [0, 0.05) is 6.07 Å². The van der Waals surface area contributed by atoms with Crippen LogP contribution in [0.2, 0.25) is 0 Å². The highest BCUT2D eigenvalue weighted by atomic mass is 16.5. The van der Waals surface area contributed by atoms with E-state index in [2.05, 4.69) is 5.32 Å². The molecule has 0 atom stereocenters. The van der Waals surface area contributed by atoms with Crippen LogP contribution in [0, 0.1) is 6.92 Å². The summed E-state index contributed by atoms with van der Waals surface area (Å²) in [6.07, 6.45) is 0. The van der Waals surface area contributed by atoms with Crippen molar-refractivity contribution in [1.29, 1.82) is 0 Å². The van der Waals surface area contributed by atoms with Gasteiger partial charge in [0.25, 0.3) is 5.91 Å². The summed E-state index contributed by atoms with van der Waals surface area (Å²) in [5, 5.41) is 2.72. The quantitative estimate of drug-likeness (QED) is 0.829. The average Bonchev–Trinajstić information content (AvgIpc) is 2.48. The van der Waals surface area contributed by atoms with Crippen molar-refractivity contribution in [3.8, 4) is 11.5 Å². The largest absolute Gasteiger partial charge is 0.497 e. The number of aryl methyl sites for hydroxylation is 1. The van der Waals surface area contributed by atoms with Crippen LogP contribution in [0.4, 0.5) is 11.4 Å². The molecule has 0 unspecified atom stereocenters. The summed E-state index contributed by atoms with van der Waals surface area (Å²) < 4.78 is 10.5. The van der Waals surface area contributed by atoms with Crippen molar-refractivity contribution in [2.45, 2.75) is 6.92 Å². The second-order valence-electron chi connectivity index (χ2n) is 4.61. The van der Waals surface area contributed by atoms with Gasteiger partial charge in [0.1, 0.15) is 11.5 Å². The maximum absolute atomic E-state index is 11.9. The van der Waals surface area contributed by atoms with E-state index in [9.17, 15) is 4.79 Å². The number of hydrogen-bond donors (Lipinski definition) is 2. The molecule has 0 spiro atoms. The Labute approximate surface area is 123 Å². The van der Waals surface area contributed by atoms with E-state index in [1.807, 2.05) is 13.0 Å². The Morgan fingerprint density at radius 2 is 1.95 bits per heavy atom. The summed E-state index contributed by atoms with van der Waals surface area (Å²) in [6, 6.07) is 12.5. The van der Waals surface area contributed by atoms with Crippen molar-refractivity contribution < 1.29 is 14.3 Å². The minimum absolute atomic E-state index is 0.0967. The lowest BCUT2D eigenvalue weighted by Gasteiger charge is -2.10. The Kier molecular flexibility index (Phi) is 4.66. The van der Waals surface area contributed by atoms with E-state index in [4.69, 9.17) is 15.2 Å². The third-order valence-corrected chi connectivity index (χ3v) is 2.89. The van der Waals surface area contributed by atoms with Crippen LogP contribution in [0.25, 0.3) is 0 Å². The first-order valence-electron chi connectivity index (χ1n) is 6.51. The Bertz CT molecular complexity index is 641. The highest BCUT2D eigenvalue weighted by molar-refractivity contribution is 5.94. The van der Waals surface area contributed by atoms with Crippen molar-refractivity contribution in [3.05, 3.63) is 48.0 Å². The predicted molar refractivity (Wildman–Crippen MR) is 82.7 cm³/mol. The van der Waals surface area contributed by atoms with Crippen LogP contribution >= 0.6 is 0 Å². The molecule has 5 heteroatoms. The topological polar surface area (TPSA) is 73.6 Å². The first-order valence-corrected chi connectivity index (χ1v) is 6.51. The van der Waals surface area contributed by atoms with Crippen LogP contribution < -0.4 is 20.5 Å². The third-order valence-electron chi connectivity index (χ3n) is 2.89. The van der Waals surface area contributed by atoms with E-state index in [0.29, 0.717) is 22.9 Å². The molecule has 0 saturated carbocycles. The molecule has 0 aromatic heterocycles. The summed E-state index contributed by atoms with van der Waals surface area (Å²) in [5.41, 5.74) is 8.00. The Hall–Kier alpha value is -2.69. The zero-order chi connectivity index (χ0) is 15.2. The number of anilines is 2. The predicted octanol–water partition coefficient (Wildman–Crippen LogP) is 2.60. The van der Waals surface area contributed by atoms with Crippen LogP contribution in [-0.2, 0) is 4.79 Å². The lowest BCUT2D eigenvalue weighted by atomic mass is 10.2. The Balaban J connectivity index is 1.92.